The fraction of sp³-hybridized carbons (Fsp3) is 0.385. The second-order valence-corrected chi connectivity index (χ2v) is 5.35. The molecule has 0 amide bonds. The molecule has 0 aliphatic rings. The molecule has 0 fully saturated rings. The summed E-state index contributed by atoms with van der Waals surface area (Å²) in [6, 6.07) is 5.36. The van der Waals surface area contributed by atoms with E-state index in [-0.39, 0.29) is 0 Å². The Morgan fingerprint density at radius 1 is 1.32 bits per heavy atom. The van der Waals surface area contributed by atoms with Crippen LogP contribution in [0.4, 0.5) is 4.79 Å². The van der Waals surface area contributed by atoms with E-state index < -0.39 is 23.8 Å². The summed E-state index contributed by atoms with van der Waals surface area (Å²) in [4.78, 5) is 23.0. The van der Waals surface area contributed by atoms with Crippen LogP contribution in [0.25, 0.3) is 0 Å². The molecule has 1 aromatic rings. The first-order valence-electron chi connectivity index (χ1n) is 5.65. The molecule has 1 atom stereocenters. The van der Waals surface area contributed by atoms with Gasteiger partial charge in [0.25, 0.3) is 0 Å². The van der Waals surface area contributed by atoms with Crippen LogP contribution in [0.15, 0.2) is 24.3 Å². The summed E-state index contributed by atoms with van der Waals surface area (Å²) in [6.45, 7) is 4.99. The van der Waals surface area contributed by atoms with Gasteiger partial charge >= 0.3 is 12.1 Å². The molecule has 0 aliphatic heterocycles. The molecule has 2 N–H and O–H groups in total. The van der Waals surface area contributed by atoms with Crippen LogP contribution in [0.5, 0.6) is 0 Å². The quantitative estimate of drug-likeness (QED) is 0.668. The maximum atomic E-state index is 11.7. The highest BCUT2D eigenvalue weighted by Crippen LogP contribution is 2.18. The maximum absolute atomic E-state index is 11.7. The molecule has 0 bridgehead atoms. The van der Waals surface area contributed by atoms with Gasteiger partial charge in [0.1, 0.15) is 11.6 Å². The predicted molar refractivity (Wildman–Crippen MR) is 70.7 cm³/mol. The zero-order chi connectivity index (χ0) is 14.6. The summed E-state index contributed by atoms with van der Waals surface area (Å²) < 4.78 is 9.37. The van der Waals surface area contributed by atoms with E-state index in [9.17, 15) is 9.59 Å². The van der Waals surface area contributed by atoms with Crippen LogP contribution in [0.3, 0.4) is 0 Å². The normalized spacial score (nSPS) is 12.7. The molecule has 1 rings (SSSR count). The molecule has 6 heteroatoms. The van der Waals surface area contributed by atoms with Crippen molar-refractivity contribution in [3.05, 3.63) is 34.9 Å². The van der Waals surface area contributed by atoms with E-state index in [2.05, 4.69) is 4.74 Å². The fourth-order valence-corrected chi connectivity index (χ4v) is 1.45. The summed E-state index contributed by atoms with van der Waals surface area (Å²) in [5, 5.41) is 0.443. The van der Waals surface area contributed by atoms with Gasteiger partial charge in [0, 0.05) is 5.02 Å². The molecule has 0 aliphatic carbocycles. The third-order valence-corrected chi connectivity index (χ3v) is 2.27. The minimum atomic E-state index is -1.09. The molecule has 0 aromatic heterocycles. The molecular weight excluding hydrogens is 270 g/mol. The van der Waals surface area contributed by atoms with Gasteiger partial charge in [-0.15, -0.1) is 0 Å². The minimum absolute atomic E-state index is 0.443. The van der Waals surface area contributed by atoms with Crippen LogP contribution < -0.4 is 5.73 Å². The predicted octanol–water partition coefficient (Wildman–Crippen LogP) is 2.82. The number of benzene rings is 1. The minimum Gasteiger partial charge on any atom is -0.428 e. The first-order valence-corrected chi connectivity index (χ1v) is 6.02. The molecule has 104 valence electrons. The van der Waals surface area contributed by atoms with Crippen molar-refractivity contribution >= 4 is 23.7 Å². The standard InChI is InChI=1S/C13H16ClNO4/c1-13(2,3)19-12(17)18-11(16)10(15)8-5-4-6-9(14)7-8/h4-7,10H,15H2,1-3H3. The van der Waals surface area contributed by atoms with Crippen molar-refractivity contribution in [2.45, 2.75) is 32.4 Å². The number of carbonyl (C=O) groups excluding carboxylic acids is 2. The first-order chi connectivity index (χ1) is 8.69. The molecule has 1 aromatic carbocycles. The monoisotopic (exact) mass is 285 g/mol. The largest absolute Gasteiger partial charge is 0.516 e. The van der Waals surface area contributed by atoms with Crippen molar-refractivity contribution in [3.63, 3.8) is 0 Å². The van der Waals surface area contributed by atoms with Gasteiger partial charge in [0.15, 0.2) is 0 Å². The lowest BCUT2D eigenvalue weighted by molar-refractivity contribution is -0.143. The van der Waals surface area contributed by atoms with E-state index in [0.717, 1.165) is 0 Å². The second-order valence-electron chi connectivity index (χ2n) is 4.92. The highest BCUT2D eigenvalue weighted by atomic mass is 35.5. The summed E-state index contributed by atoms with van der Waals surface area (Å²) in [7, 11) is 0. The molecule has 0 saturated heterocycles. The average molecular weight is 286 g/mol. The Kier molecular flexibility index (Phi) is 4.91. The topological polar surface area (TPSA) is 78.6 Å². The van der Waals surface area contributed by atoms with Crippen molar-refractivity contribution in [1.82, 2.24) is 0 Å². The smallest absolute Gasteiger partial charge is 0.428 e. The first kappa shape index (κ1) is 15.5. The van der Waals surface area contributed by atoms with E-state index in [1.807, 2.05) is 0 Å². The summed E-state index contributed by atoms with van der Waals surface area (Å²) in [5.41, 5.74) is 5.40. The van der Waals surface area contributed by atoms with Crippen LogP contribution in [0.1, 0.15) is 32.4 Å². The van der Waals surface area contributed by atoms with Crippen LogP contribution in [-0.4, -0.2) is 17.7 Å². The average Bonchev–Trinajstić information content (AvgIpc) is 2.25. The van der Waals surface area contributed by atoms with E-state index in [1.165, 1.54) is 6.07 Å². The summed E-state index contributed by atoms with van der Waals surface area (Å²) >= 11 is 5.79. The molecule has 5 nitrogen and oxygen atoms in total. The molecule has 1 unspecified atom stereocenters. The van der Waals surface area contributed by atoms with Gasteiger partial charge in [0.05, 0.1) is 0 Å². The van der Waals surface area contributed by atoms with E-state index >= 15 is 0 Å². The van der Waals surface area contributed by atoms with Gasteiger partial charge < -0.3 is 15.2 Å². The highest BCUT2D eigenvalue weighted by molar-refractivity contribution is 6.30. The maximum Gasteiger partial charge on any atom is 0.516 e. The zero-order valence-electron chi connectivity index (χ0n) is 11.0. The Hall–Kier alpha value is -1.59. The third kappa shape index (κ3) is 5.28. The van der Waals surface area contributed by atoms with Gasteiger partial charge in [-0.2, -0.15) is 0 Å². The van der Waals surface area contributed by atoms with Gasteiger partial charge in [-0.25, -0.2) is 9.59 Å². The number of rotatable bonds is 2. The van der Waals surface area contributed by atoms with Crippen LogP contribution >= 0.6 is 11.6 Å². The Morgan fingerprint density at radius 3 is 2.47 bits per heavy atom. The highest BCUT2D eigenvalue weighted by Gasteiger charge is 2.24. The number of hydrogen-bond acceptors (Lipinski definition) is 5. The van der Waals surface area contributed by atoms with Crippen LogP contribution in [-0.2, 0) is 14.3 Å². The Balaban J connectivity index is 2.66. The van der Waals surface area contributed by atoms with E-state index in [0.29, 0.717) is 10.6 Å². The Morgan fingerprint density at radius 2 is 1.95 bits per heavy atom. The molecule has 0 radical (unpaired) electrons. The van der Waals surface area contributed by atoms with Gasteiger partial charge in [-0.3, -0.25) is 0 Å². The van der Waals surface area contributed by atoms with E-state index in [4.69, 9.17) is 22.1 Å². The molecule has 0 saturated carbocycles. The number of carbonyl (C=O) groups is 2. The van der Waals surface area contributed by atoms with Crippen molar-refractivity contribution in [3.8, 4) is 0 Å². The van der Waals surface area contributed by atoms with Crippen molar-refractivity contribution in [1.29, 1.82) is 0 Å². The van der Waals surface area contributed by atoms with E-state index in [1.54, 1.807) is 39.0 Å². The van der Waals surface area contributed by atoms with Crippen LogP contribution in [0, 0.1) is 0 Å². The van der Waals surface area contributed by atoms with Gasteiger partial charge in [0.2, 0.25) is 0 Å². The van der Waals surface area contributed by atoms with Gasteiger partial charge in [-0.1, -0.05) is 23.7 Å². The number of halogens is 1. The SMILES string of the molecule is CC(C)(C)OC(=O)OC(=O)C(N)c1cccc(Cl)c1. The molecule has 19 heavy (non-hydrogen) atoms. The molecule has 0 heterocycles. The van der Waals surface area contributed by atoms with Crippen molar-refractivity contribution in [2.75, 3.05) is 0 Å². The number of nitrogens with two attached hydrogens (primary N) is 1. The van der Waals surface area contributed by atoms with Crippen molar-refractivity contribution in [2.24, 2.45) is 5.73 Å². The fourth-order valence-electron chi connectivity index (χ4n) is 1.25. The number of hydrogen-bond donors (Lipinski definition) is 1. The summed E-state index contributed by atoms with van der Waals surface area (Å²) in [6.07, 6.45) is -1.07. The van der Waals surface area contributed by atoms with Gasteiger partial charge in [-0.05, 0) is 38.5 Å². The van der Waals surface area contributed by atoms with Crippen molar-refractivity contribution < 1.29 is 19.1 Å². The molecular formula is C13H16ClNO4. The van der Waals surface area contributed by atoms with Crippen LogP contribution in [0.2, 0.25) is 5.02 Å². The summed E-state index contributed by atoms with van der Waals surface area (Å²) in [5.74, 6) is -0.892. The number of esters is 1. The lowest BCUT2D eigenvalue weighted by atomic mass is 10.1. The Bertz CT molecular complexity index is 482. The lowest BCUT2D eigenvalue weighted by Gasteiger charge is -2.19. The zero-order valence-corrected chi connectivity index (χ0v) is 11.7. The second kappa shape index (κ2) is 6.04. The Labute approximate surface area is 116 Å². The number of ether oxygens (including phenoxy) is 2. The third-order valence-electron chi connectivity index (χ3n) is 2.04. The molecule has 0 spiro atoms. The lowest BCUT2D eigenvalue weighted by Crippen LogP contribution is -2.30.